The summed E-state index contributed by atoms with van der Waals surface area (Å²) in [6.07, 6.45) is 8.13. The molecule has 0 aromatic heterocycles. The SMILES string of the molecule is CCCCCC(CCC)OCCN1CCOCC1. The van der Waals surface area contributed by atoms with Crippen LogP contribution >= 0.6 is 0 Å². The summed E-state index contributed by atoms with van der Waals surface area (Å²) in [5, 5.41) is 0. The minimum Gasteiger partial charge on any atom is -0.379 e. The first-order chi connectivity index (χ1) is 8.86. The maximum absolute atomic E-state index is 6.05. The van der Waals surface area contributed by atoms with Gasteiger partial charge >= 0.3 is 0 Å². The highest BCUT2D eigenvalue weighted by Gasteiger charge is 2.12. The molecule has 0 amide bonds. The summed E-state index contributed by atoms with van der Waals surface area (Å²) < 4.78 is 11.4. The van der Waals surface area contributed by atoms with Crippen LogP contribution in [0.5, 0.6) is 0 Å². The van der Waals surface area contributed by atoms with Gasteiger partial charge in [0.05, 0.1) is 25.9 Å². The van der Waals surface area contributed by atoms with Gasteiger partial charge in [0, 0.05) is 19.6 Å². The van der Waals surface area contributed by atoms with Crippen LogP contribution in [0, 0.1) is 0 Å². The van der Waals surface area contributed by atoms with Gasteiger partial charge in [0.2, 0.25) is 0 Å². The predicted molar refractivity (Wildman–Crippen MR) is 76.0 cm³/mol. The van der Waals surface area contributed by atoms with E-state index in [1.54, 1.807) is 0 Å². The van der Waals surface area contributed by atoms with E-state index in [1.807, 2.05) is 0 Å². The van der Waals surface area contributed by atoms with E-state index in [-0.39, 0.29) is 0 Å². The molecule has 0 bridgehead atoms. The van der Waals surface area contributed by atoms with Crippen LogP contribution in [0.1, 0.15) is 52.4 Å². The number of rotatable bonds is 10. The second-order valence-corrected chi connectivity index (χ2v) is 5.23. The molecule has 18 heavy (non-hydrogen) atoms. The van der Waals surface area contributed by atoms with Crippen LogP contribution in [0.15, 0.2) is 0 Å². The average Bonchev–Trinajstić information content (AvgIpc) is 2.40. The lowest BCUT2D eigenvalue weighted by atomic mass is 10.1. The van der Waals surface area contributed by atoms with E-state index in [0.717, 1.165) is 39.5 Å². The summed E-state index contributed by atoms with van der Waals surface area (Å²) in [4.78, 5) is 2.44. The van der Waals surface area contributed by atoms with Crippen molar-refractivity contribution in [1.82, 2.24) is 4.90 Å². The van der Waals surface area contributed by atoms with Gasteiger partial charge in [0.15, 0.2) is 0 Å². The molecule has 0 aromatic carbocycles. The molecule has 0 N–H and O–H groups in total. The van der Waals surface area contributed by atoms with Crippen LogP contribution < -0.4 is 0 Å². The Morgan fingerprint density at radius 2 is 1.83 bits per heavy atom. The lowest BCUT2D eigenvalue weighted by Gasteiger charge is -2.27. The maximum Gasteiger partial charge on any atom is 0.0597 e. The maximum atomic E-state index is 6.05. The third-order valence-corrected chi connectivity index (χ3v) is 3.61. The molecule has 1 heterocycles. The highest BCUT2D eigenvalue weighted by molar-refractivity contribution is 4.63. The molecule has 1 unspecified atom stereocenters. The van der Waals surface area contributed by atoms with E-state index >= 15 is 0 Å². The number of unbranched alkanes of at least 4 members (excludes halogenated alkanes) is 2. The number of hydrogen-bond donors (Lipinski definition) is 0. The van der Waals surface area contributed by atoms with Gasteiger partial charge in [0.1, 0.15) is 0 Å². The van der Waals surface area contributed by atoms with Crippen LogP contribution in [0.25, 0.3) is 0 Å². The fourth-order valence-electron chi connectivity index (χ4n) is 2.43. The Kier molecular flexibility index (Phi) is 9.54. The summed E-state index contributed by atoms with van der Waals surface area (Å²) in [6, 6.07) is 0. The van der Waals surface area contributed by atoms with Crippen molar-refractivity contribution in [3.63, 3.8) is 0 Å². The molecule has 3 nitrogen and oxygen atoms in total. The third kappa shape index (κ3) is 7.34. The van der Waals surface area contributed by atoms with Crippen molar-refractivity contribution >= 4 is 0 Å². The van der Waals surface area contributed by atoms with Crippen molar-refractivity contribution in [3.8, 4) is 0 Å². The van der Waals surface area contributed by atoms with Crippen molar-refractivity contribution in [1.29, 1.82) is 0 Å². The summed E-state index contributed by atoms with van der Waals surface area (Å²) in [6.45, 7) is 10.4. The monoisotopic (exact) mass is 257 g/mol. The van der Waals surface area contributed by atoms with Crippen LogP contribution in [0.4, 0.5) is 0 Å². The first kappa shape index (κ1) is 15.9. The predicted octanol–water partition coefficient (Wildman–Crippen LogP) is 3.08. The number of hydrogen-bond acceptors (Lipinski definition) is 3. The first-order valence-electron chi connectivity index (χ1n) is 7.78. The van der Waals surface area contributed by atoms with Gasteiger partial charge in [-0.2, -0.15) is 0 Å². The topological polar surface area (TPSA) is 21.7 Å². The zero-order valence-electron chi connectivity index (χ0n) is 12.3. The first-order valence-corrected chi connectivity index (χ1v) is 7.78. The van der Waals surface area contributed by atoms with Gasteiger partial charge in [-0.15, -0.1) is 0 Å². The zero-order chi connectivity index (χ0) is 13.1. The second-order valence-electron chi connectivity index (χ2n) is 5.23. The molecule has 0 aliphatic carbocycles. The summed E-state index contributed by atoms with van der Waals surface area (Å²) >= 11 is 0. The molecule has 1 aliphatic heterocycles. The molecule has 0 spiro atoms. The normalized spacial score (nSPS) is 19.0. The molecule has 0 aromatic rings. The van der Waals surface area contributed by atoms with Crippen LogP contribution in [-0.4, -0.2) is 50.5 Å². The molecule has 1 saturated heterocycles. The highest BCUT2D eigenvalue weighted by atomic mass is 16.5. The number of morpholine rings is 1. The molecular formula is C15H31NO2. The quantitative estimate of drug-likeness (QED) is 0.561. The standard InChI is InChI=1S/C15H31NO2/c1-3-5-6-8-15(7-4-2)18-14-11-16-9-12-17-13-10-16/h15H,3-14H2,1-2H3. The van der Waals surface area contributed by atoms with Gasteiger partial charge in [-0.25, -0.2) is 0 Å². The van der Waals surface area contributed by atoms with E-state index in [0.29, 0.717) is 6.10 Å². The molecular weight excluding hydrogens is 226 g/mol. The molecule has 108 valence electrons. The van der Waals surface area contributed by atoms with E-state index in [9.17, 15) is 0 Å². The molecule has 1 aliphatic rings. The minimum absolute atomic E-state index is 0.489. The highest BCUT2D eigenvalue weighted by Crippen LogP contribution is 2.12. The van der Waals surface area contributed by atoms with E-state index in [4.69, 9.17) is 9.47 Å². The number of ether oxygens (including phenoxy) is 2. The fraction of sp³-hybridized carbons (Fsp3) is 1.00. The fourth-order valence-corrected chi connectivity index (χ4v) is 2.43. The molecule has 0 saturated carbocycles. The Hall–Kier alpha value is -0.120. The average molecular weight is 257 g/mol. The van der Waals surface area contributed by atoms with Crippen molar-refractivity contribution in [3.05, 3.63) is 0 Å². The van der Waals surface area contributed by atoms with Gasteiger partial charge in [-0.3, -0.25) is 4.90 Å². The Morgan fingerprint density at radius 3 is 2.50 bits per heavy atom. The number of nitrogens with zero attached hydrogens (tertiary/aromatic N) is 1. The van der Waals surface area contributed by atoms with Crippen molar-refractivity contribution in [2.75, 3.05) is 39.5 Å². The van der Waals surface area contributed by atoms with Gasteiger partial charge in [0.25, 0.3) is 0 Å². The molecule has 1 rings (SSSR count). The Labute approximate surface area is 113 Å². The van der Waals surface area contributed by atoms with E-state index in [2.05, 4.69) is 18.7 Å². The van der Waals surface area contributed by atoms with Crippen LogP contribution in [0.2, 0.25) is 0 Å². The van der Waals surface area contributed by atoms with Crippen LogP contribution in [0.3, 0.4) is 0 Å². The van der Waals surface area contributed by atoms with Crippen molar-refractivity contribution in [2.24, 2.45) is 0 Å². The van der Waals surface area contributed by atoms with Gasteiger partial charge < -0.3 is 9.47 Å². The Morgan fingerprint density at radius 1 is 1.06 bits per heavy atom. The van der Waals surface area contributed by atoms with Crippen molar-refractivity contribution in [2.45, 2.75) is 58.5 Å². The zero-order valence-corrected chi connectivity index (χ0v) is 12.3. The summed E-state index contributed by atoms with van der Waals surface area (Å²) in [7, 11) is 0. The molecule has 0 radical (unpaired) electrons. The molecule has 1 fully saturated rings. The van der Waals surface area contributed by atoms with E-state index < -0.39 is 0 Å². The van der Waals surface area contributed by atoms with E-state index in [1.165, 1.54) is 38.5 Å². The van der Waals surface area contributed by atoms with Gasteiger partial charge in [-0.05, 0) is 12.8 Å². The smallest absolute Gasteiger partial charge is 0.0597 e. The molecule has 1 atom stereocenters. The lowest BCUT2D eigenvalue weighted by molar-refractivity contribution is -0.00349. The second kappa shape index (κ2) is 10.8. The van der Waals surface area contributed by atoms with Crippen LogP contribution in [-0.2, 0) is 9.47 Å². The largest absolute Gasteiger partial charge is 0.379 e. The third-order valence-electron chi connectivity index (χ3n) is 3.61. The lowest BCUT2D eigenvalue weighted by Crippen LogP contribution is -2.38. The molecule has 3 heteroatoms. The Bertz CT molecular complexity index is 181. The van der Waals surface area contributed by atoms with Crippen molar-refractivity contribution < 1.29 is 9.47 Å². The van der Waals surface area contributed by atoms with Gasteiger partial charge in [-0.1, -0.05) is 39.5 Å². The summed E-state index contributed by atoms with van der Waals surface area (Å²) in [5.74, 6) is 0. The minimum atomic E-state index is 0.489. The Balaban J connectivity index is 2.07. The summed E-state index contributed by atoms with van der Waals surface area (Å²) in [5.41, 5.74) is 0.